The SMILES string of the molecule is COc1ncnc(C2CC2)c1-c1ncc2cc(Br)c(=O)n(Cc3ccc(-c4nc(C(F)(F)F)cn4C)cc3)c2n1. The summed E-state index contributed by atoms with van der Waals surface area (Å²) in [5, 5.41) is 0.642. The van der Waals surface area contributed by atoms with Gasteiger partial charge in [0.15, 0.2) is 11.5 Å². The van der Waals surface area contributed by atoms with Crippen molar-refractivity contribution in [2.24, 2.45) is 7.05 Å². The molecular weight excluding hydrogens is 591 g/mol. The third-order valence-electron chi connectivity index (χ3n) is 6.73. The third-order valence-corrected chi connectivity index (χ3v) is 7.29. The molecule has 4 aromatic heterocycles. The zero-order chi connectivity index (χ0) is 28.2. The van der Waals surface area contributed by atoms with E-state index in [2.05, 4.69) is 35.9 Å². The van der Waals surface area contributed by atoms with Gasteiger partial charge >= 0.3 is 6.18 Å². The summed E-state index contributed by atoms with van der Waals surface area (Å²) in [5.41, 5.74) is 1.84. The van der Waals surface area contributed by atoms with Crippen molar-refractivity contribution in [2.45, 2.75) is 31.5 Å². The molecule has 6 rings (SSSR count). The predicted molar refractivity (Wildman–Crippen MR) is 144 cm³/mol. The van der Waals surface area contributed by atoms with Gasteiger partial charge < -0.3 is 9.30 Å². The van der Waals surface area contributed by atoms with E-state index in [0.29, 0.717) is 38.3 Å². The zero-order valence-electron chi connectivity index (χ0n) is 21.3. The number of fused-ring (bicyclic) bond motifs is 1. The van der Waals surface area contributed by atoms with Crippen LogP contribution < -0.4 is 10.3 Å². The van der Waals surface area contributed by atoms with Gasteiger partial charge in [-0.05, 0) is 40.4 Å². The number of halogens is 4. The van der Waals surface area contributed by atoms with E-state index >= 15 is 0 Å². The number of methoxy groups -OCH3 is 1. The molecule has 0 radical (unpaired) electrons. The first-order valence-electron chi connectivity index (χ1n) is 12.3. The molecule has 0 bridgehead atoms. The average molecular weight is 612 g/mol. The van der Waals surface area contributed by atoms with Crippen LogP contribution in [0.2, 0.25) is 0 Å². The lowest BCUT2D eigenvalue weighted by Gasteiger charge is -2.14. The van der Waals surface area contributed by atoms with Gasteiger partial charge in [-0.25, -0.2) is 24.9 Å². The molecule has 0 aliphatic heterocycles. The summed E-state index contributed by atoms with van der Waals surface area (Å²) in [5.74, 6) is 1.18. The molecule has 0 atom stereocenters. The molecule has 0 unspecified atom stereocenters. The summed E-state index contributed by atoms with van der Waals surface area (Å²) < 4.78 is 48.0. The number of benzene rings is 1. The summed E-state index contributed by atoms with van der Waals surface area (Å²) in [6.07, 6.45) is 1.53. The fourth-order valence-corrected chi connectivity index (χ4v) is 5.08. The zero-order valence-corrected chi connectivity index (χ0v) is 22.9. The highest BCUT2D eigenvalue weighted by Gasteiger charge is 2.34. The molecule has 1 fully saturated rings. The van der Waals surface area contributed by atoms with Gasteiger partial charge in [0.25, 0.3) is 5.56 Å². The first kappa shape index (κ1) is 26.1. The fourth-order valence-electron chi connectivity index (χ4n) is 4.62. The number of aromatic nitrogens is 7. The standard InChI is InChI=1S/C27H21BrF3N7O2/c1-37-12-19(27(29,30)31)35-23(37)16-5-3-14(4-6-16)11-38-24-17(9-18(28)26(38)39)10-32-22(36-24)20-21(15-7-8-15)33-13-34-25(20)40-2/h3-6,9-10,12-13,15H,7-8,11H2,1-2H3. The quantitative estimate of drug-likeness (QED) is 0.255. The first-order valence-corrected chi connectivity index (χ1v) is 13.1. The fraction of sp³-hybridized carbons (Fsp3) is 0.259. The first-order chi connectivity index (χ1) is 19.1. The summed E-state index contributed by atoms with van der Waals surface area (Å²) >= 11 is 3.34. The van der Waals surface area contributed by atoms with Crippen LogP contribution in [0.25, 0.3) is 33.8 Å². The van der Waals surface area contributed by atoms with Crippen molar-refractivity contribution in [2.75, 3.05) is 7.11 Å². The van der Waals surface area contributed by atoms with Crippen LogP contribution >= 0.6 is 15.9 Å². The number of alkyl halides is 3. The molecule has 40 heavy (non-hydrogen) atoms. The van der Waals surface area contributed by atoms with Gasteiger partial charge in [-0.15, -0.1) is 0 Å². The Morgan fingerprint density at radius 3 is 2.50 bits per heavy atom. The molecule has 0 amide bonds. The summed E-state index contributed by atoms with van der Waals surface area (Å²) in [6.45, 7) is 0.164. The Bertz CT molecular complexity index is 1810. The Labute approximate surface area is 233 Å². The Morgan fingerprint density at radius 2 is 1.85 bits per heavy atom. The number of nitrogens with zero attached hydrogens (tertiary/aromatic N) is 7. The van der Waals surface area contributed by atoms with E-state index in [1.54, 1.807) is 36.5 Å². The minimum Gasteiger partial charge on any atom is -0.480 e. The highest BCUT2D eigenvalue weighted by molar-refractivity contribution is 9.10. The topological polar surface area (TPSA) is 101 Å². The molecule has 204 valence electrons. The largest absolute Gasteiger partial charge is 0.480 e. The Kier molecular flexibility index (Phi) is 6.40. The van der Waals surface area contributed by atoms with Crippen LogP contribution in [-0.4, -0.2) is 41.2 Å². The molecule has 5 aromatic rings. The van der Waals surface area contributed by atoms with Crippen LogP contribution in [0.1, 0.15) is 35.7 Å². The van der Waals surface area contributed by atoms with Gasteiger partial charge in [0.05, 0.1) is 23.8 Å². The Balaban J connectivity index is 1.40. The van der Waals surface area contributed by atoms with E-state index in [1.807, 2.05) is 0 Å². The number of aryl methyl sites for hydroxylation is 1. The van der Waals surface area contributed by atoms with Gasteiger partial charge in [-0.2, -0.15) is 13.2 Å². The van der Waals surface area contributed by atoms with Crippen molar-refractivity contribution in [1.29, 1.82) is 0 Å². The number of imidazole rings is 1. The van der Waals surface area contributed by atoms with E-state index in [-0.39, 0.29) is 23.8 Å². The second-order valence-electron chi connectivity index (χ2n) is 9.53. The van der Waals surface area contributed by atoms with Gasteiger partial charge in [-0.1, -0.05) is 24.3 Å². The molecule has 0 spiro atoms. The maximum absolute atomic E-state index is 13.3. The highest BCUT2D eigenvalue weighted by Crippen LogP contribution is 2.44. The van der Waals surface area contributed by atoms with Crippen LogP contribution in [0.3, 0.4) is 0 Å². The Morgan fingerprint density at radius 1 is 1.10 bits per heavy atom. The number of hydrogen-bond acceptors (Lipinski definition) is 7. The number of ether oxygens (including phenoxy) is 1. The Hall–Kier alpha value is -4.13. The van der Waals surface area contributed by atoms with Crippen LogP contribution in [0, 0.1) is 0 Å². The van der Waals surface area contributed by atoms with E-state index in [0.717, 1.165) is 30.3 Å². The lowest BCUT2D eigenvalue weighted by Crippen LogP contribution is -2.22. The van der Waals surface area contributed by atoms with Gasteiger partial charge in [0.2, 0.25) is 5.88 Å². The van der Waals surface area contributed by atoms with Crippen LogP contribution in [0.4, 0.5) is 13.2 Å². The monoisotopic (exact) mass is 611 g/mol. The predicted octanol–water partition coefficient (Wildman–Crippen LogP) is 5.36. The lowest BCUT2D eigenvalue weighted by atomic mass is 10.1. The third kappa shape index (κ3) is 4.74. The van der Waals surface area contributed by atoms with Crippen molar-refractivity contribution in [3.8, 4) is 28.7 Å². The van der Waals surface area contributed by atoms with Crippen molar-refractivity contribution in [3.05, 3.63) is 80.8 Å². The number of pyridine rings is 1. The molecule has 13 heteroatoms. The molecule has 0 N–H and O–H groups in total. The molecule has 1 aromatic carbocycles. The van der Waals surface area contributed by atoms with Crippen LogP contribution in [0.5, 0.6) is 5.88 Å². The maximum atomic E-state index is 13.3. The van der Waals surface area contributed by atoms with Crippen molar-refractivity contribution >= 4 is 27.0 Å². The summed E-state index contributed by atoms with van der Waals surface area (Å²) in [6, 6.07) is 8.52. The number of hydrogen-bond donors (Lipinski definition) is 0. The van der Waals surface area contributed by atoms with E-state index in [9.17, 15) is 18.0 Å². The molecule has 1 aliphatic carbocycles. The molecule has 9 nitrogen and oxygen atoms in total. The minimum absolute atomic E-state index is 0.164. The smallest absolute Gasteiger partial charge is 0.434 e. The van der Waals surface area contributed by atoms with E-state index in [1.165, 1.54) is 29.6 Å². The van der Waals surface area contributed by atoms with Crippen LogP contribution in [-0.2, 0) is 19.8 Å². The maximum Gasteiger partial charge on any atom is 0.434 e. The number of rotatable bonds is 6. The van der Waals surface area contributed by atoms with E-state index in [4.69, 9.17) is 9.72 Å². The van der Waals surface area contributed by atoms with Crippen molar-refractivity contribution < 1.29 is 17.9 Å². The second kappa shape index (κ2) is 9.81. The van der Waals surface area contributed by atoms with Crippen LogP contribution in [0.15, 0.2) is 58.3 Å². The normalized spacial score (nSPS) is 13.7. The van der Waals surface area contributed by atoms with Gasteiger partial charge in [-0.3, -0.25) is 9.36 Å². The molecule has 1 saturated carbocycles. The van der Waals surface area contributed by atoms with Crippen molar-refractivity contribution in [1.82, 2.24) is 34.1 Å². The average Bonchev–Trinajstić information content (AvgIpc) is 3.71. The summed E-state index contributed by atoms with van der Waals surface area (Å²) in [4.78, 5) is 35.0. The summed E-state index contributed by atoms with van der Waals surface area (Å²) in [7, 11) is 3.03. The molecule has 0 saturated heterocycles. The van der Waals surface area contributed by atoms with Gasteiger partial charge in [0, 0.05) is 36.3 Å². The minimum atomic E-state index is -4.53. The van der Waals surface area contributed by atoms with Gasteiger partial charge in [0.1, 0.15) is 23.4 Å². The second-order valence-corrected chi connectivity index (χ2v) is 10.4. The highest BCUT2D eigenvalue weighted by atomic mass is 79.9. The molecule has 1 aliphatic rings. The van der Waals surface area contributed by atoms with E-state index < -0.39 is 11.9 Å². The molecular formula is C27H21BrF3N7O2. The van der Waals surface area contributed by atoms with Crippen molar-refractivity contribution in [3.63, 3.8) is 0 Å². The molecule has 4 heterocycles. The lowest BCUT2D eigenvalue weighted by molar-refractivity contribution is -0.140.